The number of hydrogen-bond acceptors (Lipinski definition) is 3. The van der Waals surface area contributed by atoms with Gasteiger partial charge in [0.15, 0.2) is 0 Å². The normalized spacial score (nSPS) is 39.2. The molecular weight excluding hydrogens is 342 g/mol. The summed E-state index contributed by atoms with van der Waals surface area (Å²) in [5.41, 5.74) is -1.35. The van der Waals surface area contributed by atoms with Crippen molar-refractivity contribution in [3.8, 4) is 0 Å². The first-order valence-corrected chi connectivity index (χ1v) is 11.0. The van der Waals surface area contributed by atoms with Crippen LogP contribution in [0.25, 0.3) is 0 Å². The lowest BCUT2D eigenvalue weighted by Gasteiger charge is -2.58. The third-order valence-electron chi connectivity index (χ3n) is 7.83. The van der Waals surface area contributed by atoms with Crippen LogP contribution in [-0.4, -0.2) is 34.7 Å². The Bertz CT molecular complexity index is 577. The summed E-state index contributed by atoms with van der Waals surface area (Å²) in [5, 5.41) is 13.1. The molecule has 0 aromatic rings. The first-order chi connectivity index (χ1) is 12.8. The Balaban J connectivity index is 1.40. The zero-order valence-electron chi connectivity index (χ0n) is 16.8. The van der Waals surface area contributed by atoms with Crippen molar-refractivity contribution >= 4 is 11.9 Å². The summed E-state index contributed by atoms with van der Waals surface area (Å²) in [6, 6.07) is 0.124. The van der Waals surface area contributed by atoms with E-state index in [4.69, 9.17) is 4.74 Å². The van der Waals surface area contributed by atoms with Gasteiger partial charge in [-0.15, -0.1) is 0 Å². The molecule has 0 spiro atoms. The number of nitrogens with one attached hydrogen (secondary N) is 1. The Kier molecular flexibility index (Phi) is 5.02. The van der Waals surface area contributed by atoms with Crippen LogP contribution in [0.4, 0.5) is 0 Å². The van der Waals surface area contributed by atoms with Gasteiger partial charge >= 0.3 is 5.97 Å². The fraction of sp³-hybridized carbons (Fsp3) is 0.909. The van der Waals surface area contributed by atoms with Gasteiger partial charge in [-0.05, 0) is 76.5 Å². The van der Waals surface area contributed by atoms with Crippen LogP contribution in [0.1, 0.15) is 84.5 Å². The van der Waals surface area contributed by atoms with Crippen LogP contribution < -0.4 is 5.32 Å². The summed E-state index contributed by atoms with van der Waals surface area (Å²) in [7, 11) is 0. The van der Waals surface area contributed by atoms with E-state index in [1.807, 2.05) is 13.8 Å². The van der Waals surface area contributed by atoms with Crippen molar-refractivity contribution in [2.24, 2.45) is 23.2 Å². The average molecular weight is 378 g/mol. The van der Waals surface area contributed by atoms with E-state index in [0.29, 0.717) is 17.8 Å². The molecule has 0 aromatic heterocycles. The van der Waals surface area contributed by atoms with Crippen LogP contribution in [0.15, 0.2) is 0 Å². The number of aliphatic carboxylic acids is 1. The summed E-state index contributed by atoms with van der Waals surface area (Å²) in [4.78, 5) is 25.0. The molecule has 5 aliphatic carbocycles. The second kappa shape index (κ2) is 7.06. The summed E-state index contributed by atoms with van der Waals surface area (Å²) >= 11 is 0. The smallest absolute Gasteiger partial charge is 0.309 e. The minimum atomic E-state index is -0.825. The fourth-order valence-corrected chi connectivity index (χ4v) is 6.68. The van der Waals surface area contributed by atoms with Gasteiger partial charge in [-0.1, -0.05) is 25.7 Å². The number of carbonyl (C=O) groups excluding carboxylic acids is 1. The maximum atomic E-state index is 13.1. The van der Waals surface area contributed by atoms with Gasteiger partial charge in [0.05, 0.1) is 11.5 Å². The van der Waals surface area contributed by atoms with Gasteiger partial charge in [0.2, 0.25) is 0 Å². The maximum absolute atomic E-state index is 13.1. The molecule has 5 nitrogen and oxygen atoms in total. The van der Waals surface area contributed by atoms with Gasteiger partial charge < -0.3 is 15.2 Å². The number of carboxylic acids is 1. The number of carboxylic acid groups (broad SMARTS) is 1. The lowest BCUT2D eigenvalue weighted by molar-refractivity contribution is -0.170. The summed E-state index contributed by atoms with van der Waals surface area (Å²) in [5.74, 6) is 0.509. The molecule has 5 fully saturated rings. The molecule has 5 rings (SSSR count). The van der Waals surface area contributed by atoms with Crippen LogP contribution in [0, 0.1) is 23.2 Å². The molecule has 152 valence electrons. The molecule has 2 unspecified atom stereocenters. The highest BCUT2D eigenvalue weighted by Crippen LogP contribution is 2.60. The van der Waals surface area contributed by atoms with Crippen LogP contribution in [0.3, 0.4) is 0 Å². The van der Waals surface area contributed by atoms with E-state index in [0.717, 1.165) is 44.9 Å². The van der Waals surface area contributed by atoms with Crippen molar-refractivity contribution in [3.05, 3.63) is 0 Å². The van der Waals surface area contributed by atoms with E-state index in [2.05, 4.69) is 5.32 Å². The van der Waals surface area contributed by atoms with E-state index in [1.165, 1.54) is 25.7 Å². The third-order valence-corrected chi connectivity index (χ3v) is 7.83. The monoisotopic (exact) mass is 377 g/mol. The number of ether oxygens (including phenoxy) is 1. The van der Waals surface area contributed by atoms with Crippen LogP contribution >= 0.6 is 0 Å². The third kappa shape index (κ3) is 3.64. The van der Waals surface area contributed by atoms with Crippen molar-refractivity contribution in [2.45, 2.75) is 102 Å². The maximum Gasteiger partial charge on any atom is 0.309 e. The molecule has 5 heteroatoms. The van der Waals surface area contributed by atoms with E-state index in [9.17, 15) is 14.7 Å². The number of amides is 1. The number of carbonyl (C=O) groups is 2. The molecule has 2 N–H and O–H groups in total. The molecule has 0 aliphatic heterocycles. The lowest BCUT2D eigenvalue weighted by atomic mass is 9.48. The van der Waals surface area contributed by atoms with Gasteiger partial charge in [0, 0.05) is 6.04 Å². The van der Waals surface area contributed by atoms with Gasteiger partial charge in [0.1, 0.15) is 5.60 Å². The zero-order valence-corrected chi connectivity index (χ0v) is 16.8. The van der Waals surface area contributed by atoms with Crippen LogP contribution in [0.2, 0.25) is 0 Å². The number of rotatable bonds is 5. The molecule has 5 aliphatic rings. The molecule has 4 bridgehead atoms. The first kappa shape index (κ1) is 19.2. The topological polar surface area (TPSA) is 75.6 Å². The Morgan fingerprint density at radius 2 is 1.59 bits per heavy atom. The second-order valence-corrected chi connectivity index (χ2v) is 10.3. The quantitative estimate of drug-likeness (QED) is 0.713. The molecule has 0 heterocycles. The van der Waals surface area contributed by atoms with E-state index >= 15 is 0 Å². The van der Waals surface area contributed by atoms with Crippen molar-refractivity contribution in [1.29, 1.82) is 0 Å². The van der Waals surface area contributed by atoms with Crippen molar-refractivity contribution in [3.63, 3.8) is 0 Å². The van der Waals surface area contributed by atoms with E-state index in [1.54, 1.807) is 0 Å². The Morgan fingerprint density at radius 1 is 1.00 bits per heavy atom. The molecule has 5 saturated carbocycles. The highest BCUT2D eigenvalue weighted by Gasteiger charge is 2.59. The SMILES string of the molecule is CC(C)(OC1CCCCCC1)C(=O)NC1C2CC3CC1CC(C(=O)O)(C3)C2. The van der Waals surface area contributed by atoms with Gasteiger partial charge in [-0.3, -0.25) is 9.59 Å². The van der Waals surface area contributed by atoms with Crippen molar-refractivity contribution in [2.75, 3.05) is 0 Å². The Morgan fingerprint density at radius 3 is 2.15 bits per heavy atom. The standard InChI is InChI=1S/C22H35NO4/c1-21(2,27-17-7-5-3-4-6-8-17)19(24)23-18-15-9-14-10-16(18)13-22(11-14,12-15)20(25)26/h14-18H,3-13H2,1-2H3,(H,23,24)(H,25,26). The molecule has 27 heavy (non-hydrogen) atoms. The second-order valence-electron chi connectivity index (χ2n) is 10.3. The fourth-order valence-electron chi connectivity index (χ4n) is 6.68. The van der Waals surface area contributed by atoms with Crippen molar-refractivity contribution < 1.29 is 19.4 Å². The van der Waals surface area contributed by atoms with Gasteiger partial charge in [0.25, 0.3) is 5.91 Å². The molecule has 1 amide bonds. The van der Waals surface area contributed by atoms with E-state index in [-0.39, 0.29) is 18.1 Å². The average Bonchev–Trinajstić information content (AvgIpc) is 2.85. The minimum Gasteiger partial charge on any atom is -0.481 e. The largest absolute Gasteiger partial charge is 0.481 e. The molecule has 0 aromatic carbocycles. The van der Waals surface area contributed by atoms with E-state index < -0.39 is 17.0 Å². The number of hydrogen-bond donors (Lipinski definition) is 2. The predicted octanol–water partition coefficient (Wildman–Crippen LogP) is 3.90. The Hall–Kier alpha value is -1.10. The molecule has 0 saturated heterocycles. The zero-order chi connectivity index (χ0) is 19.2. The minimum absolute atomic E-state index is 0.0198. The highest BCUT2D eigenvalue weighted by atomic mass is 16.5. The first-order valence-electron chi connectivity index (χ1n) is 11.0. The summed E-state index contributed by atoms with van der Waals surface area (Å²) in [6.45, 7) is 3.78. The Labute approximate surface area is 162 Å². The van der Waals surface area contributed by atoms with Gasteiger partial charge in [-0.2, -0.15) is 0 Å². The molecule has 2 atom stereocenters. The van der Waals surface area contributed by atoms with Crippen molar-refractivity contribution in [1.82, 2.24) is 5.32 Å². The molecule has 0 radical (unpaired) electrons. The lowest BCUT2D eigenvalue weighted by Crippen LogP contribution is -2.63. The summed E-state index contributed by atoms with van der Waals surface area (Å²) < 4.78 is 6.27. The summed E-state index contributed by atoms with van der Waals surface area (Å²) in [6.07, 6.45) is 11.6. The van der Waals surface area contributed by atoms with Crippen LogP contribution in [-0.2, 0) is 14.3 Å². The van der Waals surface area contributed by atoms with Crippen LogP contribution in [0.5, 0.6) is 0 Å². The highest BCUT2D eigenvalue weighted by molar-refractivity contribution is 5.84. The predicted molar refractivity (Wildman–Crippen MR) is 102 cm³/mol. The molecular formula is C22H35NO4. The van der Waals surface area contributed by atoms with Gasteiger partial charge in [-0.25, -0.2) is 0 Å².